The molecule has 0 saturated heterocycles. The van der Waals surface area contributed by atoms with Crippen LogP contribution in [0, 0.1) is 17.0 Å². The van der Waals surface area contributed by atoms with Crippen LogP contribution in [0.3, 0.4) is 0 Å². The summed E-state index contributed by atoms with van der Waals surface area (Å²) < 4.78 is 29.2. The fourth-order valence-corrected chi connectivity index (χ4v) is 7.49. The molecule has 10 nitrogen and oxygen atoms in total. The predicted molar refractivity (Wildman–Crippen MR) is 185 cm³/mol. The number of sulfonamides is 1. The van der Waals surface area contributed by atoms with Crippen LogP contribution >= 0.6 is 0 Å². The Kier molecular flexibility index (Phi) is 11.2. The first-order chi connectivity index (χ1) is 23.1. The Balaban J connectivity index is 1.57. The highest BCUT2D eigenvalue weighted by molar-refractivity contribution is 7.92. The number of amides is 2. The van der Waals surface area contributed by atoms with Crippen LogP contribution in [0.5, 0.6) is 0 Å². The van der Waals surface area contributed by atoms with Crippen molar-refractivity contribution < 1.29 is 22.9 Å². The zero-order valence-corrected chi connectivity index (χ0v) is 27.7. The fraction of sp³-hybridized carbons (Fsp3) is 0.297. The molecular weight excluding hydrogens is 628 g/mol. The number of carbonyl (C=O) groups is 2. The molecule has 48 heavy (non-hydrogen) atoms. The fourth-order valence-electron chi connectivity index (χ4n) is 6.06. The Hall–Kier alpha value is -5.03. The molecule has 4 aromatic carbocycles. The van der Waals surface area contributed by atoms with Crippen molar-refractivity contribution in [3.8, 4) is 0 Å². The third-order valence-corrected chi connectivity index (χ3v) is 10.6. The zero-order valence-electron chi connectivity index (χ0n) is 26.9. The SMILES string of the molecule is Cc1ccccc1CN(C(=O)CN(c1ccc([N+](=O)[O-])cc1)S(=O)(=O)c1ccccc1)[C@H](Cc1ccccc1)C(=O)NC1CCCCC1. The van der Waals surface area contributed by atoms with E-state index in [0.717, 1.165) is 53.1 Å². The summed E-state index contributed by atoms with van der Waals surface area (Å²) in [7, 11) is -4.31. The smallest absolute Gasteiger partial charge is 0.269 e. The Morgan fingerprint density at radius 3 is 2.08 bits per heavy atom. The summed E-state index contributed by atoms with van der Waals surface area (Å²) in [4.78, 5) is 41.1. The van der Waals surface area contributed by atoms with Gasteiger partial charge >= 0.3 is 0 Å². The number of non-ortho nitro benzene ring substituents is 1. The molecule has 0 radical (unpaired) electrons. The Labute approximate surface area is 281 Å². The number of nitrogens with one attached hydrogen (secondary N) is 1. The van der Waals surface area contributed by atoms with Gasteiger partial charge in [-0.3, -0.25) is 24.0 Å². The third kappa shape index (κ3) is 8.46. The zero-order chi connectivity index (χ0) is 34.1. The Morgan fingerprint density at radius 2 is 1.46 bits per heavy atom. The lowest BCUT2D eigenvalue weighted by molar-refractivity contribution is -0.384. The topological polar surface area (TPSA) is 130 Å². The van der Waals surface area contributed by atoms with E-state index in [0.29, 0.717) is 0 Å². The number of rotatable bonds is 13. The first-order valence-corrected chi connectivity index (χ1v) is 17.6. The average Bonchev–Trinajstić information content (AvgIpc) is 3.10. The number of nitrogens with zero attached hydrogens (tertiary/aromatic N) is 3. The van der Waals surface area contributed by atoms with E-state index in [4.69, 9.17) is 0 Å². The van der Waals surface area contributed by atoms with Gasteiger partial charge in [0.05, 0.1) is 15.5 Å². The highest BCUT2D eigenvalue weighted by Gasteiger charge is 2.35. The van der Waals surface area contributed by atoms with Gasteiger partial charge in [-0.05, 0) is 60.7 Å². The number of nitro groups is 1. The van der Waals surface area contributed by atoms with Gasteiger partial charge in [0, 0.05) is 31.1 Å². The Morgan fingerprint density at radius 1 is 0.854 bits per heavy atom. The molecule has 11 heteroatoms. The normalized spacial score (nSPS) is 14.1. The lowest BCUT2D eigenvalue weighted by atomic mass is 9.94. The van der Waals surface area contributed by atoms with Crippen LogP contribution in [0.25, 0.3) is 0 Å². The molecule has 1 aliphatic rings. The van der Waals surface area contributed by atoms with Crippen LogP contribution in [0.2, 0.25) is 0 Å². The summed E-state index contributed by atoms with van der Waals surface area (Å²) in [6, 6.07) is 28.8. The van der Waals surface area contributed by atoms with E-state index in [9.17, 15) is 28.1 Å². The number of hydrogen-bond donors (Lipinski definition) is 1. The molecule has 1 aliphatic carbocycles. The molecule has 1 atom stereocenters. The first kappa shape index (κ1) is 34.3. The molecule has 5 rings (SSSR count). The summed E-state index contributed by atoms with van der Waals surface area (Å²) in [6.45, 7) is 1.36. The van der Waals surface area contributed by atoms with Gasteiger partial charge in [0.1, 0.15) is 12.6 Å². The standard InChI is InChI=1S/C37H40N4O6S/c1-28-13-11-12-16-30(28)26-39(35(25-29-14-5-2-6-15-29)37(43)38-31-17-7-3-8-18-31)36(42)27-40(32-21-23-33(24-22-32)41(44)45)48(46,47)34-19-9-4-10-20-34/h2,4-6,9-16,19-24,31,35H,3,7-8,17-18,25-27H2,1H3,(H,38,43)/t35-/m1/s1. The molecule has 1 saturated carbocycles. The van der Waals surface area contributed by atoms with Crippen LogP contribution in [0.15, 0.2) is 114 Å². The maximum Gasteiger partial charge on any atom is 0.269 e. The summed E-state index contributed by atoms with van der Waals surface area (Å²) >= 11 is 0. The number of aryl methyl sites for hydroxylation is 1. The van der Waals surface area contributed by atoms with Crippen molar-refractivity contribution in [3.05, 3.63) is 136 Å². The minimum Gasteiger partial charge on any atom is -0.352 e. The highest BCUT2D eigenvalue weighted by Crippen LogP contribution is 2.27. The molecule has 0 bridgehead atoms. The van der Waals surface area contributed by atoms with E-state index < -0.39 is 33.4 Å². The summed E-state index contributed by atoms with van der Waals surface area (Å²) in [6.07, 6.45) is 5.09. The molecule has 1 N–H and O–H groups in total. The van der Waals surface area contributed by atoms with Crippen LogP contribution in [0.4, 0.5) is 11.4 Å². The van der Waals surface area contributed by atoms with Crippen molar-refractivity contribution in [1.29, 1.82) is 0 Å². The maximum atomic E-state index is 14.7. The highest BCUT2D eigenvalue weighted by atomic mass is 32.2. The van der Waals surface area contributed by atoms with Crippen molar-refractivity contribution in [2.24, 2.45) is 0 Å². The van der Waals surface area contributed by atoms with Gasteiger partial charge in [0.15, 0.2) is 0 Å². The van der Waals surface area contributed by atoms with Gasteiger partial charge < -0.3 is 10.2 Å². The lowest BCUT2D eigenvalue weighted by Crippen LogP contribution is -2.55. The molecule has 4 aromatic rings. The monoisotopic (exact) mass is 668 g/mol. The van der Waals surface area contributed by atoms with Crippen LogP contribution in [-0.4, -0.2) is 48.7 Å². The molecule has 0 aromatic heterocycles. The van der Waals surface area contributed by atoms with E-state index in [1.165, 1.54) is 41.3 Å². The largest absolute Gasteiger partial charge is 0.352 e. The van der Waals surface area contributed by atoms with Gasteiger partial charge in [-0.15, -0.1) is 0 Å². The Bertz CT molecular complexity index is 1810. The van der Waals surface area contributed by atoms with Crippen molar-refractivity contribution in [3.63, 3.8) is 0 Å². The van der Waals surface area contributed by atoms with Crippen LogP contribution < -0.4 is 9.62 Å². The number of benzene rings is 4. The van der Waals surface area contributed by atoms with Crippen molar-refractivity contribution in [2.75, 3.05) is 10.8 Å². The average molecular weight is 669 g/mol. The molecule has 250 valence electrons. The molecular formula is C37H40N4O6S. The molecule has 0 spiro atoms. The molecule has 0 aliphatic heterocycles. The van der Waals surface area contributed by atoms with Gasteiger partial charge in [0.2, 0.25) is 11.8 Å². The number of anilines is 1. The van der Waals surface area contributed by atoms with Crippen molar-refractivity contribution in [1.82, 2.24) is 10.2 Å². The van der Waals surface area contributed by atoms with E-state index >= 15 is 0 Å². The summed E-state index contributed by atoms with van der Waals surface area (Å²) in [5, 5.41) is 14.6. The number of hydrogen-bond acceptors (Lipinski definition) is 6. The first-order valence-electron chi connectivity index (χ1n) is 16.1. The van der Waals surface area contributed by atoms with Gasteiger partial charge in [-0.2, -0.15) is 0 Å². The van der Waals surface area contributed by atoms with E-state index in [1.807, 2.05) is 61.5 Å². The van der Waals surface area contributed by atoms with Crippen LogP contribution in [0.1, 0.15) is 48.8 Å². The number of nitro benzene ring substituents is 1. The van der Waals surface area contributed by atoms with E-state index in [2.05, 4.69) is 5.32 Å². The van der Waals surface area contributed by atoms with Crippen molar-refractivity contribution in [2.45, 2.75) is 69.0 Å². The minimum absolute atomic E-state index is 0.00463. The summed E-state index contributed by atoms with van der Waals surface area (Å²) in [5.41, 5.74) is 2.46. The second kappa shape index (κ2) is 15.7. The van der Waals surface area contributed by atoms with Crippen LogP contribution in [-0.2, 0) is 32.6 Å². The minimum atomic E-state index is -4.31. The van der Waals surface area contributed by atoms with Gasteiger partial charge in [-0.1, -0.05) is 92.1 Å². The molecule has 0 unspecified atom stereocenters. The quantitative estimate of drug-likeness (QED) is 0.134. The van der Waals surface area contributed by atoms with E-state index in [1.54, 1.807) is 18.2 Å². The molecule has 1 fully saturated rings. The maximum absolute atomic E-state index is 14.7. The van der Waals surface area contributed by atoms with Gasteiger partial charge in [0.25, 0.3) is 15.7 Å². The summed E-state index contributed by atoms with van der Waals surface area (Å²) in [5.74, 6) is -0.878. The van der Waals surface area contributed by atoms with Gasteiger partial charge in [-0.25, -0.2) is 8.42 Å². The lowest BCUT2D eigenvalue weighted by Gasteiger charge is -2.35. The predicted octanol–water partition coefficient (Wildman–Crippen LogP) is 6.19. The third-order valence-electron chi connectivity index (χ3n) is 8.78. The number of carbonyl (C=O) groups excluding carboxylic acids is 2. The molecule has 2 amide bonds. The molecule has 0 heterocycles. The van der Waals surface area contributed by atoms with E-state index in [-0.39, 0.29) is 41.2 Å². The van der Waals surface area contributed by atoms with Crippen molar-refractivity contribution >= 4 is 33.2 Å². The second-order valence-electron chi connectivity index (χ2n) is 12.1. The second-order valence-corrected chi connectivity index (χ2v) is 14.0.